The topological polar surface area (TPSA) is 120 Å². The van der Waals surface area contributed by atoms with Crippen LogP contribution in [0, 0.1) is 6.92 Å². The molecule has 6 aromatic carbocycles. The van der Waals surface area contributed by atoms with Gasteiger partial charge in [-0.2, -0.15) is 0 Å². The summed E-state index contributed by atoms with van der Waals surface area (Å²) in [5.74, 6) is 1.32. The van der Waals surface area contributed by atoms with Crippen molar-refractivity contribution in [1.82, 2.24) is 0 Å². The van der Waals surface area contributed by atoms with Gasteiger partial charge in [0.2, 0.25) is 0 Å². The van der Waals surface area contributed by atoms with Crippen molar-refractivity contribution in [1.29, 1.82) is 0 Å². The van der Waals surface area contributed by atoms with Crippen LogP contribution in [-0.4, -0.2) is 21.4 Å². The Balaban J connectivity index is 1.36. The Kier molecular flexibility index (Phi) is 8.18. The zero-order chi connectivity index (χ0) is 35.1. The van der Waals surface area contributed by atoms with Gasteiger partial charge in [-0.3, -0.25) is 13.8 Å². The number of para-hydroxylation sites is 3. The van der Waals surface area contributed by atoms with Gasteiger partial charge in [-0.05, 0) is 78.6 Å². The summed E-state index contributed by atoms with van der Waals surface area (Å²) >= 11 is -2.94. The van der Waals surface area contributed by atoms with Crippen molar-refractivity contribution >= 4 is 45.8 Å². The molecule has 10 heteroatoms. The highest BCUT2D eigenvalue weighted by Crippen LogP contribution is 2.57. The van der Waals surface area contributed by atoms with Crippen LogP contribution in [0.5, 0.6) is 17.2 Å². The van der Waals surface area contributed by atoms with Gasteiger partial charge in [-0.1, -0.05) is 84.9 Å². The fourth-order valence-electron chi connectivity index (χ4n) is 7.32. The van der Waals surface area contributed by atoms with Crippen molar-refractivity contribution < 1.29 is 23.0 Å². The molecule has 2 aliphatic rings. The molecule has 254 valence electrons. The molecule has 6 aromatic rings. The van der Waals surface area contributed by atoms with Crippen LogP contribution in [0.2, 0.25) is 0 Å². The maximum absolute atomic E-state index is 14.0. The lowest BCUT2D eigenvalue weighted by Crippen LogP contribution is -2.51. The lowest BCUT2D eigenvalue weighted by atomic mass is 9.73. The number of nitrogens with one attached hydrogen (secondary N) is 1. The Morgan fingerprint density at radius 1 is 0.843 bits per heavy atom. The fraction of sp³-hybridized carbons (Fsp3) is 0.0976. The second-order valence-corrected chi connectivity index (χ2v) is 13.2. The first-order valence-electron chi connectivity index (χ1n) is 16.5. The second kappa shape index (κ2) is 13.0. The van der Waals surface area contributed by atoms with E-state index in [1.807, 2.05) is 91.9 Å². The summed E-state index contributed by atoms with van der Waals surface area (Å²) in [5.41, 5.74) is 11.5. The first-order chi connectivity index (χ1) is 24.8. The SMILES string of the molecule is Cc1ccccc1C1(N(c2ccc(N)cc2NC(=O)Oc2ccccc2)S(=O)[O-])c2ccccc2Oc2cc(N3CCc4ccccc43)ccc21. The molecule has 0 saturated heterocycles. The molecule has 0 bridgehead atoms. The van der Waals surface area contributed by atoms with Gasteiger partial charge in [0, 0.05) is 52.1 Å². The number of carbonyl (C=O) groups is 1. The number of hydrogen-bond acceptors (Lipinski definition) is 7. The van der Waals surface area contributed by atoms with E-state index in [2.05, 4.69) is 22.3 Å². The maximum atomic E-state index is 14.0. The molecule has 0 radical (unpaired) electrons. The first kappa shape index (κ1) is 32.1. The molecule has 2 atom stereocenters. The van der Waals surface area contributed by atoms with Crippen LogP contribution in [0.3, 0.4) is 0 Å². The minimum Gasteiger partial charge on any atom is -0.755 e. The van der Waals surface area contributed by atoms with Gasteiger partial charge in [-0.15, -0.1) is 0 Å². The van der Waals surface area contributed by atoms with Crippen LogP contribution >= 0.6 is 0 Å². The second-order valence-electron chi connectivity index (χ2n) is 12.5. The third kappa shape index (κ3) is 5.54. The van der Waals surface area contributed by atoms with Crippen molar-refractivity contribution in [3.8, 4) is 17.2 Å². The quantitative estimate of drug-likeness (QED) is 0.127. The van der Waals surface area contributed by atoms with E-state index in [1.54, 1.807) is 36.4 Å². The molecular weight excluding hydrogens is 661 g/mol. The number of carbonyl (C=O) groups excluding carboxylic acids is 1. The molecule has 2 heterocycles. The average molecular weight is 694 g/mol. The summed E-state index contributed by atoms with van der Waals surface area (Å²) in [6.45, 7) is 2.75. The average Bonchev–Trinajstić information content (AvgIpc) is 3.57. The van der Waals surface area contributed by atoms with Crippen LogP contribution in [-0.2, 0) is 23.2 Å². The Morgan fingerprint density at radius 3 is 2.35 bits per heavy atom. The van der Waals surface area contributed by atoms with Crippen LogP contribution in [0.1, 0.15) is 27.8 Å². The van der Waals surface area contributed by atoms with Gasteiger partial charge in [0.25, 0.3) is 0 Å². The summed E-state index contributed by atoms with van der Waals surface area (Å²) in [4.78, 5) is 15.5. The summed E-state index contributed by atoms with van der Waals surface area (Å²) in [7, 11) is 0. The Bertz CT molecular complexity index is 2300. The van der Waals surface area contributed by atoms with Crippen LogP contribution < -0.4 is 29.7 Å². The number of nitrogens with zero attached hydrogens (tertiary/aromatic N) is 2. The predicted octanol–water partition coefficient (Wildman–Crippen LogP) is 8.58. The third-order valence-electron chi connectivity index (χ3n) is 9.47. The van der Waals surface area contributed by atoms with E-state index >= 15 is 0 Å². The number of nitrogens with two attached hydrogens (primary N) is 1. The molecule has 1 amide bonds. The van der Waals surface area contributed by atoms with Gasteiger partial charge in [0.1, 0.15) is 22.8 Å². The Hall–Kier alpha value is -6.10. The predicted molar refractivity (Wildman–Crippen MR) is 200 cm³/mol. The molecule has 0 aliphatic carbocycles. The van der Waals surface area contributed by atoms with E-state index < -0.39 is 22.9 Å². The fourth-order valence-corrected chi connectivity index (χ4v) is 8.16. The highest BCUT2D eigenvalue weighted by molar-refractivity contribution is 7.80. The zero-order valence-electron chi connectivity index (χ0n) is 27.6. The number of anilines is 5. The molecule has 0 saturated carbocycles. The summed E-state index contributed by atoms with van der Waals surface area (Å²) < 4.78 is 41.6. The normalized spacial score (nSPS) is 16.2. The Labute approximate surface area is 298 Å². The van der Waals surface area contributed by atoms with Gasteiger partial charge < -0.3 is 24.7 Å². The monoisotopic (exact) mass is 693 g/mol. The van der Waals surface area contributed by atoms with E-state index in [0.717, 1.165) is 29.9 Å². The largest absolute Gasteiger partial charge is 0.755 e. The van der Waals surface area contributed by atoms with Crippen LogP contribution in [0.15, 0.2) is 140 Å². The number of benzene rings is 6. The molecule has 0 fully saturated rings. The van der Waals surface area contributed by atoms with Crippen molar-refractivity contribution in [2.45, 2.75) is 18.9 Å². The number of rotatable bonds is 7. The molecule has 2 unspecified atom stereocenters. The molecule has 9 nitrogen and oxygen atoms in total. The number of aryl methyl sites for hydroxylation is 1. The molecule has 0 aromatic heterocycles. The lowest BCUT2D eigenvalue weighted by molar-refractivity contribution is 0.215. The number of amides is 1. The highest BCUT2D eigenvalue weighted by atomic mass is 32.2. The van der Waals surface area contributed by atoms with E-state index in [1.165, 1.54) is 15.9 Å². The summed E-state index contributed by atoms with van der Waals surface area (Å²) in [6.07, 6.45) is 0.102. The number of hydrogen-bond donors (Lipinski definition) is 2. The van der Waals surface area contributed by atoms with Crippen molar-refractivity contribution in [3.63, 3.8) is 0 Å². The molecule has 8 rings (SSSR count). The third-order valence-corrected chi connectivity index (χ3v) is 10.2. The minimum atomic E-state index is -2.94. The number of fused-ring (bicyclic) bond motifs is 3. The van der Waals surface area contributed by atoms with E-state index in [0.29, 0.717) is 39.6 Å². The highest BCUT2D eigenvalue weighted by Gasteiger charge is 2.51. The molecule has 0 spiro atoms. The Morgan fingerprint density at radius 2 is 1.55 bits per heavy atom. The van der Waals surface area contributed by atoms with Gasteiger partial charge in [0.05, 0.1) is 11.4 Å². The van der Waals surface area contributed by atoms with Crippen molar-refractivity contribution in [2.75, 3.05) is 26.8 Å². The van der Waals surface area contributed by atoms with Gasteiger partial charge >= 0.3 is 6.09 Å². The van der Waals surface area contributed by atoms with Crippen molar-refractivity contribution in [3.05, 3.63) is 167 Å². The zero-order valence-corrected chi connectivity index (χ0v) is 28.4. The minimum absolute atomic E-state index is 0.143. The van der Waals surface area contributed by atoms with E-state index in [4.69, 9.17) is 15.2 Å². The van der Waals surface area contributed by atoms with Crippen LogP contribution in [0.25, 0.3) is 0 Å². The number of nitrogen functional groups attached to an aromatic ring is 1. The van der Waals surface area contributed by atoms with Gasteiger partial charge in [-0.25, -0.2) is 4.79 Å². The van der Waals surface area contributed by atoms with Gasteiger partial charge in [0.15, 0.2) is 0 Å². The standard InChI is InChI=1S/C41H34N4O5S/c1-27-11-5-7-15-32(27)41(45(51(47)48)37-22-19-29(42)25-35(37)43-40(46)49-31-13-3-2-4-14-31)33-16-8-10-18-38(33)50-39-26-30(20-21-34(39)41)44-24-23-28-12-6-9-17-36(28)44/h2-22,25-26H,23-24,42H2,1H3,(H,43,46)(H,47,48)/p-1. The molecule has 2 aliphatic heterocycles. The summed E-state index contributed by atoms with van der Waals surface area (Å²) in [5, 5.41) is 2.77. The van der Waals surface area contributed by atoms with Crippen LogP contribution in [0.4, 0.5) is 33.2 Å². The van der Waals surface area contributed by atoms with E-state index in [-0.39, 0.29) is 11.4 Å². The smallest absolute Gasteiger partial charge is 0.417 e. The van der Waals surface area contributed by atoms with E-state index in [9.17, 15) is 13.6 Å². The maximum Gasteiger partial charge on any atom is 0.417 e. The lowest BCUT2D eigenvalue weighted by Gasteiger charge is -2.50. The first-order valence-corrected chi connectivity index (χ1v) is 17.5. The molecule has 51 heavy (non-hydrogen) atoms. The summed E-state index contributed by atoms with van der Waals surface area (Å²) in [6, 6.07) is 42.7. The molecule has 3 N–H and O–H groups in total. The number of ether oxygens (including phenoxy) is 2. The van der Waals surface area contributed by atoms with Crippen molar-refractivity contribution in [2.24, 2.45) is 0 Å². The molecular formula is C41H33N4O5S-.